The summed E-state index contributed by atoms with van der Waals surface area (Å²) in [6.07, 6.45) is 0. The van der Waals surface area contributed by atoms with Gasteiger partial charge in [-0.3, -0.25) is 14.4 Å². The van der Waals surface area contributed by atoms with Crippen LogP contribution in [-0.4, -0.2) is 27.3 Å². The van der Waals surface area contributed by atoms with Crippen LogP contribution in [0, 0.1) is 6.92 Å². The number of nitrogens with zero attached hydrogens (tertiary/aromatic N) is 2. The summed E-state index contributed by atoms with van der Waals surface area (Å²) in [7, 11) is 0. The summed E-state index contributed by atoms with van der Waals surface area (Å²) in [6.45, 7) is 4.13. The van der Waals surface area contributed by atoms with E-state index in [4.69, 9.17) is 4.42 Å². The highest BCUT2D eigenvalue weighted by Gasteiger charge is 2.20. The summed E-state index contributed by atoms with van der Waals surface area (Å²) in [5.41, 5.74) is 1.32. The minimum atomic E-state index is -0.442. The molecule has 0 aliphatic heterocycles. The van der Waals surface area contributed by atoms with Crippen LogP contribution in [0.1, 0.15) is 28.9 Å². The van der Waals surface area contributed by atoms with Crippen molar-refractivity contribution in [2.24, 2.45) is 0 Å². The zero-order chi connectivity index (χ0) is 20.5. The fraction of sp³-hybridized carbons (Fsp3) is 0.182. The Bertz CT molecular complexity index is 1350. The van der Waals surface area contributed by atoms with Crippen molar-refractivity contribution >= 4 is 27.8 Å². The highest BCUT2D eigenvalue weighted by Crippen LogP contribution is 2.16. The Balaban J connectivity index is 1.69. The van der Waals surface area contributed by atoms with Gasteiger partial charge < -0.3 is 14.3 Å². The molecule has 0 saturated carbocycles. The molecule has 2 aromatic carbocycles. The lowest BCUT2D eigenvalue weighted by atomic mass is 10.1. The first kappa shape index (κ1) is 18.6. The number of aromatic nitrogens is 2. The molecule has 7 nitrogen and oxygen atoms in total. The Hall–Kier alpha value is -3.74. The predicted octanol–water partition coefficient (Wildman–Crippen LogP) is 3.00. The number of aromatic amines is 1. The highest BCUT2D eigenvalue weighted by atomic mass is 16.3. The van der Waals surface area contributed by atoms with Gasteiger partial charge in [0.25, 0.3) is 11.5 Å². The first-order chi connectivity index (χ1) is 14.0. The van der Waals surface area contributed by atoms with Gasteiger partial charge >= 0.3 is 0 Å². The number of hydrogen-bond donors (Lipinski definition) is 1. The molecule has 0 radical (unpaired) electrons. The predicted molar refractivity (Wildman–Crippen MR) is 110 cm³/mol. The molecular weight excluding hydrogens is 370 g/mol. The molecule has 4 rings (SSSR count). The SMILES string of the molecule is CCN(Cc1nc2ccccc2c(=O)[nH]1)C(=O)c1cc(=O)c2cc(C)ccc2o1. The van der Waals surface area contributed by atoms with Crippen molar-refractivity contribution in [3.63, 3.8) is 0 Å². The van der Waals surface area contributed by atoms with Gasteiger partial charge in [0.05, 0.1) is 22.8 Å². The van der Waals surface area contributed by atoms with Crippen LogP contribution in [0.4, 0.5) is 0 Å². The highest BCUT2D eigenvalue weighted by molar-refractivity contribution is 5.93. The normalized spacial score (nSPS) is 11.1. The second-order valence-electron chi connectivity index (χ2n) is 6.82. The quantitative estimate of drug-likeness (QED) is 0.579. The first-order valence-electron chi connectivity index (χ1n) is 9.28. The minimum absolute atomic E-state index is 0.0451. The molecule has 0 aliphatic rings. The second kappa shape index (κ2) is 7.35. The van der Waals surface area contributed by atoms with E-state index in [1.165, 1.54) is 11.0 Å². The number of hydrogen-bond acceptors (Lipinski definition) is 5. The smallest absolute Gasteiger partial charge is 0.290 e. The zero-order valence-electron chi connectivity index (χ0n) is 16.1. The van der Waals surface area contributed by atoms with Gasteiger partial charge in [0, 0.05) is 12.6 Å². The van der Waals surface area contributed by atoms with Gasteiger partial charge in [0.15, 0.2) is 11.2 Å². The third-order valence-electron chi connectivity index (χ3n) is 4.76. The molecule has 0 aliphatic carbocycles. The molecule has 0 saturated heterocycles. The molecule has 4 aromatic rings. The maximum atomic E-state index is 13.0. The fourth-order valence-electron chi connectivity index (χ4n) is 3.25. The maximum Gasteiger partial charge on any atom is 0.290 e. The molecule has 2 heterocycles. The largest absolute Gasteiger partial charge is 0.451 e. The Morgan fingerprint density at radius 3 is 2.69 bits per heavy atom. The van der Waals surface area contributed by atoms with Crippen LogP contribution < -0.4 is 11.0 Å². The van der Waals surface area contributed by atoms with E-state index in [0.29, 0.717) is 34.2 Å². The van der Waals surface area contributed by atoms with E-state index in [1.54, 1.807) is 43.3 Å². The number of nitrogens with one attached hydrogen (secondary N) is 1. The molecule has 29 heavy (non-hydrogen) atoms. The fourth-order valence-corrected chi connectivity index (χ4v) is 3.25. The number of fused-ring (bicyclic) bond motifs is 2. The van der Waals surface area contributed by atoms with Crippen LogP contribution in [-0.2, 0) is 6.54 Å². The molecule has 0 bridgehead atoms. The molecule has 0 atom stereocenters. The monoisotopic (exact) mass is 389 g/mol. The van der Waals surface area contributed by atoms with E-state index < -0.39 is 5.91 Å². The number of aryl methyl sites for hydroxylation is 1. The second-order valence-corrected chi connectivity index (χ2v) is 6.82. The topological polar surface area (TPSA) is 96.3 Å². The summed E-state index contributed by atoms with van der Waals surface area (Å²) in [5.74, 6) is -0.123. The van der Waals surface area contributed by atoms with Crippen molar-refractivity contribution in [3.8, 4) is 0 Å². The molecule has 146 valence electrons. The van der Waals surface area contributed by atoms with Crippen LogP contribution in [0.5, 0.6) is 0 Å². The average Bonchev–Trinajstić information content (AvgIpc) is 2.72. The molecule has 7 heteroatoms. The third-order valence-corrected chi connectivity index (χ3v) is 4.76. The Labute approximate surface area is 165 Å². The van der Waals surface area contributed by atoms with Crippen molar-refractivity contribution in [2.45, 2.75) is 20.4 Å². The summed E-state index contributed by atoms with van der Waals surface area (Å²) in [5, 5.41) is 0.923. The van der Waals surface area contributed by atoms with Gasteiger partial charge in [-0.15, -0.1) is 0 Å². The summed E-state index contributed by atoms with van der Waals surface area (Å²) < 4.78 is 5.69. The van der Waals surface area contributed by atoms with E-state index >= 15 is 0 Å². The van der Waals surface area contributed by atoms with E-state index in [2.05, 4.69) is 9.97 Å². The Morgan fingerprint density at radius 2 is 1.90 bits per heavy atom. The van der Waals surface area contributed by atoms with Gasteiger partial charge in [0.2, 0.25) is 0 Å². The van der Waals surface area contributed by atoms with Crippen molar-refractivity contribution in [3.05, 3.63) is 86.3 Å². The molecule has 1 amide bonds. The van der Waals surface area contributed by atoms with Crippen LogP contribution in [0.3, 0.4) is 0 Å². The van der Waals surface area contributed by atoms with E-state index in [9.17, 15) is 14.4 Å². The molecule has 1 N–H and O–H groups in total. The molecule has 0 unspecified atom stereocenters. The van der Waals surface area contributed by atoms with E-state index in [0.717, 1.165) is 5.56 Å². The summed E-state index contributed by atoms with van der Waals surface area (Å²) in [4.78, 5) is 46.3. The van der Waals surface area contributed by atoms with Crippen LogP contribution in [0.25, 0.3) is 21.9 Å². The van der Waals surface area contributed by atoms with Crippen LogP contribution in [0.15, 0.2) is 62.5 Å². The Morgan fingerprint density at radius 1 is 1.10 bits per heavy atom. The van der Waals surface area contributed by atoms with Crippen molar-refractivity contribution < 1.29 is 9.21 Å². The molecule has 0 spiro atoms. The summed E-state index contributed by atoms with van der Waals surface area (Å²) in [6, 6.07) is 13.5. The van der Waals surface area contributed by atoms with Crippen molar-refractivity contribution in [1.29, 1.82) is 0 Å². The number of carbonyl (C=O) groups excluding carboxylic acids is 1. The molecule has 2 aromatic heterocycles. The van der Waals surface area contributed by atoms with Crippen molar-refractivity contribution in [2.75, 3.05) is 6.54 Å². The number of amides is 1. The van der Waals surface area contributed by atoms with E-state index in [-0.39, 0.29) is 23.3 Å². The lowest BCUT2D eigenvalue weighted by molar-refractivity contribution is 0.0717. The Kier molecular flexibility index (Phi) is 4.72. The molecule has 0 fully saturated rings. The number of H-pyrrole nitrogens is 1. The number of rotatable bonds is 4. The lowest BCUT2D eigenvalue weighted by Crippen LogP contribution is -2.32. The third kappa shape index (κ3) is 3.54. The van der Waals surface area contributed by atoms with Gasteiger partial charge in [-0.1, -0.05) is 23.8 Å². The van der Waals surface area contributed by atoms with Crippen LogP contribution >= 0.6 is 0 Å². The van der Waals surface area contributed by atoms with E-state index in [1.807, 2.05) is 13.0 Å². The van der Waals surface area contributed by atoms with Gasteiger partial charge in [-0.25, -0.2) is 4.98 Å². The maximum absolute atomic E-state index is 13.0. The standard InChI is InChI=1S/C22H19N3O4/c1-3-25(12-20-23-16-7-5-4-6-14(16)21(27)24-20)22(28)19-11-17(26)15-10-13(2)8-9-18(15)29-19/h4-11H,3,12H2,1-2H3,(H,23,24,27). The van der Waals surface area contributed by atoms with Crippen molar-refractivity contribution in [1.82, 2.24) is 14.9 Å². The average molecular weight is 389 g/mol. The minimum Gasteiger partial charge on any atom is -0.451 e. The van der Waals surface area contributed by atoms with Gasteiger partial charge in [0.1, 0.15) is 11.4 Å². The zero-order valence-corrected chi connectivity index (χ0v) is 16.1. The molecular formula is C22H19N3O4. The summed E-state index contributed by atoms with van der Waals surface area (Å²) >= 11 is 0. The lowest BCUT2D eigenvalue weighted by Gasteiger charge is -2.19. The van der Waals surface area contributed by atoms with Gasteiger partial charge in [-0.05, 0) is 38.1 Å². The van der Waals surface area contributed by atoms with Crippen LogP contribution in [0.2, 0.25) is 0 Å². The van der Waals surface area contributed by atoms with Gasteiger partial charge in [-0.2, -0.15) is 0 Å². The number of carbonyl (C=O) groups is 1. The number of benzene rings is 2. The number of para-hydroxylation sites is 1. The first-order valence-corrected chi connectivity index (χ1v) is 9.28.